The van der Waals surface area contributed by atoms with Crippen LogP contribution in [-0.4, -0.2) is 11.2 Å². The van der Waals surface area contributed by atoms with E-state index in [-0.39, 0.29) is 0 Å². The molecule has 2 N–H and O–H groups in total. The molecule has 0 spiro atoms. The second kappa shape index (κ2) is 3.95. The van der Waals surface area contributed by atoms with Crippen LogP contribution in [-0.2, 0) is 0 Å². The first kappa shape index (κ1) is 9.45. The quantitative estimate of drug-likeness (QED) is 0.732. The number of rotatable bonds is 2. The Morgan fingerprint density at radius 1 is 1.20 bits per heavy atom. The molecule has 0 atom stereocenters. The van der Waals surface area contributed by atoms with Crippen LogP contribution >= 0.6 is 0 Å². The monoisotopic (exact) mass is 210 g/mol. The number of para-hydroxylation sites is 1. The summed E-state index contributed by atoms with van der Waals surface area (Å²) in [6.45, 7) is 0. The van der Waals surface area contributed by atoms with Gasteiger partial charge < -0.3 is 0 Å². The van der Waals surface area contributed by atoms with Gasteiger partial charge in [0.2, 0.25) is 11.9 Å². The minimum absolute atomic E-state index is 0.656. The van der Waals surface area contributed by atoms with Crippen molar-refractivity contribution in [2.45, 2.75) is 0 Å². The first-order valence-corrected chi connectivity index (χ1v) is 4.24. The second-order valence-electron chi connectivity index (χ2n) is 2.82. The molecule has 1 aromatic carbocycles. The summed E-state index contributed by atoms with van der Waals surface area (Å²) >= 11 is 0. The van der Waals surface area contributed by atoms with Crippen molar-refractivity contribution in [2.75, 3.05) is 5.43 Å². The second-order valence-corrected chi connectivity index (χ2v) is 2.82. The van der Waals surface area contributed by atoms with E-state index in [4.69, 9.17) is 0 Å². The van der Waals surface area contributed by atoms with Gasteiger partial charge in [0.1, 0.15) is 0 Å². The molecule has 0 saturated heterocycles. The van der Waals surface area contributed by atoms with E-state index < -0.39 is 11.9 Å². The topological polar surface area (TPSA) is 39.7 Å². The molecule has 1 heterocycles. The Morgan fingerprint density at radius 3 is 2.60 bits per heavy atom. The van der Waals surface area contributed by atoms with E-state index >= 15 is 0 Å². The molecule has 0 bridgehead atoms. The highest BCUT2D eigenvalue weighted by Crippen LogP contribution is 2.09. The van der Waals surface area contributed by atoms with E-state index in [2.05, 4.69) is 16.0 Å². The van der Waals surface area contributed by atoms with Crippen LogP contribution in [0.15, 0.2) is 47.5 Å². The Hall–Kier alpha value is -2.11. The van der Waals surface area contributed by atoms with Crippen LogP contribution in [0.5, 0.6) is 0 Å². The number of nitrogens with one attached hydrogen (secondary N) is 2. The van der Waals surface area contributed by atoms with Crippen molar-refractivity contribution in [1.82, 2.24) is 10.7 Å². The number of hydrazine groups is 2. The molecule has 0 unspecified atom stereocenters. The van der Waals surface area contributed by atoms with Crippen molar-refractivity contribution >= 4 is 11.7 Å². The number of hydrazone groups is 1. The summed E-state index contributed by atoms with van der Waals surface area (Å²) in [5, 5.41) is 4.23. The zero-order chi connectivity index (χ0) is 10.7. The van der Waals surface area contributed by atoms with Crippen LogP contribution in [0.25, 0.3) is 0 Å². The average molecular weight is 210 g/mol. The molecule has 15 heavy (non-hydrogen) atoms. The van der Waals surface area contributed by atoms with E-state index in [1.54, 1.807) is 24.3 Å². The standard InChI is InChI=1S/C9H8F2N4/c10-8-6-9(11)14-15(13-8)12-7-4-2-1-3-5-7/h1-6,12-13H. The van der Waals surface area contributed by atoms with E-state index in [1.165, 1.54) is 0 Å². The SMILES string of the molecule is FC1=CC(F)=NN(Nc2ccccc2)N1. The normalized spacial score (nSPS) is 15.2. The molecule has 1 aliphatic heterocycles. The van der Waals surface area contributed by atoms with Gasteiger partial charge in [-0.1, -0.05) is 18.2 Å². The molecular formula is C9H8F2N4. The molecule has 0 saturated carbocycles. The van der Waals surface area contributed by atoms with Crippen LogP contribution in [0.2, 0.25) is 0 Å². The molecule has 0 amide bonds. The third-order valence-electron chi connectivity index (χ3n) is 1.66. The highest BCUT2D eigenvalue weighted by Gasteiger charge is 2.11. The summed E-state index contributed by atoms with van der Waals surface area (Å²) in [4.78, 5) is 0. The third kappa shape index (κ3) is 2.43. The molecule has 0 aromatic heterocycles. The van der Waals surface area contributed by atoms with Gasteiger partial charge in [-0.05, 0) is 12.1 Å². The zero-order valence-corrected chi connectivity index (χ0v) is 7.61. The number of halogens is 2. The van der Waals surface area contributed by atoms with Gasteiger partial charge in [-0.3, -0.25) is 5.43 Å². The van der Waals surface area contributed by atoms with Gasteiger partial charge in [0.05, 0.1) is 5.69 Å². The fraction of sp³-hybridized carbons (Fsp3) is 0. The maximum Gasteiger partial charge on any atom is 0.239 e. The lowest BCUT2D eigenvalue weighted by Crippen LogP contribution is -2.39. The Bertz CT molecular complexity index is 402. The molecule has 6 heteroatoms. The van der Waals surface area contributed by atoms with Gasteiger partial charge >= 0.3 is 0 Å². The van der Waals surface area contributed by atoms with Crippen molar-refractivity contribution < 1.29 is 8.78 Å². The smallest absolute Gasteiger partial charge is 0.239 e. The van der Waals surface area contributed by atoms with Crippen molar-refractivity contribution in [3.05, 3.63) is 42.4 Å². The summed E-state index contributed by atoms with van der Waals surface area (Å²) in [6.07, 6.45) is 0.656. The highest BCUT2D eigenvalue weighted by molar-refractivity contribution is 5.87. The van der Waals surface area contributed by atoms with Crippen LogP contribution < -0.4 is 10.9 Å². The van der Waals surface area contributed by atoms with Gasteiger partial charge in [-0.25, -0.2) is 5.43 Å². The summed E-state index contributed by atoms with van der Waals surface area (Å²) in [5.41, 5.74) is 5.50. The predicted octanol–water partition coefficient (Wildman–Crippen LogP) is 1.93. The summed E-state index contributed by atoms with van der Waals surface area (Å²) in [7, 11) is 0. The van der Waals surface area contributed by atoms with Gasteiger partial charge in [0.25, 0.3) is 0 Å². The van der Waals surface area contributed by atoms with Crippen LogP contribution in [0.3, 0.4) is 0 Å². The lowest BCUT2D eigenvalue weighted by atomic mass is 10.3. The number of hydrogen-bond donors (Lipinski definition) is 2. The first-order valence-electron chi connectivity index (χ1n) is 4.24. The van der Waals surface area contributed by atoms with E-state index in [0.29, 0.717) is 11.8 Å². The molecule has 0 aliphatic carbocycles. The number of nitrogens with zero attached hydrogens (tertiary/aromatic N) is 2. The molecule has 1 aromatic rings. The Labute approximate surface area is 84.8 Å². The molecule has 0 radical (unpaired) electrons. The van der Waals surface area contributed by atoms with Gasteiger partial charge in [-0.2, -0.15) is 8.78 Å². The predicted molar refractivity (Wildman–Crippen MR) is 52.8 cm³/mol. The largest absolute Gasteiger partial charge is 0.263 e. The van der Waals surface area contributed by atoms with Gasteiger partial charge in [-0.15, -0.1) is 10.3 Å². The fourth-order valence-electron chi connectivity index (χ4n) is 1.08. The van der Waals surface area contributed by atoms with Crippen molar-refractivity contribution in [3.8, 4) is 0 Å². The van der Waals surface area contributed by atoms with Crippen molar-refractivity contribution in [1.29, 1.82) is 0 Å². The Kier molecular flexibility index (Phi) is 2.49. The lowest BCUT2D eigenvalue weighted by molar-refractivity contribution is 0.233. The molecule has 0 fully saturated rings. The van der Waals surface area contributed by atoms with Crippen molar-refractivity contribution in [3.63, 3.8) is 0 Å². The number of allylic oxidation sites excluding steroid dienone is 1. The van der Waals surface area contributed by atoms with Crippen LogP contribution in [0.4, 0.5) is 14.5 Å². The van der Waals surface area contributed by atoms with Crippen LogP contribution in [0, 0.1) is 0 Å². The van der Waals surface area contributed by atoms with Crippen LogP contribution in [0.1, 0.15) is 0 Å². The molecular weight excluding hydrogens is 202 g/mol. The molecule has 2 rings (SSSR count). The summed E-state index contributed by atoms with van der Waals surface area (Å²) < 4.78 is 25.4. The zero-order valence-electron chi connectivity index (χ0n) is 7.61. The number of anilines is 1. The number of hydrogen-bond acceptors (Lipinski definition) is 4. The van der Waals surface area contributed by atoms with E-state index in [9.17, 15) is 8.78 Å². The molecule has 78 valence electrons. The average Bonchev–Trinajstić information content (AvgIpc) is 2.17. The fourth-order valence-corrected chi connectivity index (χ4v) is 1.08. The van der Waals surface area contributed by atoms with Gasteiger partial charge in [0, 0.05) is 6.08 Å². The maximum atomic E-state index is 12.7. The number of benzene rings is 1. The van der Waals surface area contributed by atoms with E-state index in [1.807, 2.05) is 6.07 Å². The summed E-state index contributed by atoms with van der Waals surface area (Å²) in [6, 6.07) is 8.90. The van der Waals surface area contributed by atoms with Crippen molar-refractivity contribution in [2.24, 2.45) is 5.10 Å². The minimum Gasteiger partial charge on any atom is -0.263 e. The van der Waals surface area contributed by atoms with E-state index in [0.717, 1.165) is 5.23 Å². The third-order valence-corrected chi connectivity index (χ3v) is 1.66. The van der Waals surface area contributed by atoms with Gasteiger partial charge in [0.15, 0.2) is 0 Å². The summed E-state index contributed by atoms with van der Waals surface area (Å²) in [5.74, 6) is -1.72. The minimum atomic E-state index is -0.908. The Balaban J connectivity index is 2.06. The molecule has 4 nitrogen and oxygen atoms in total. The Morgan fingerprint density at radius 2 is 1.93 bits per heavy atom. The lowest BCUT2D eigenvalue weighted by Gasteiger charge is -2.22. The molecule has 1 aliphatic rings. The maximum absolute atomic E-state index is 12.7. The highest BCUT2D eigenvalue weighted by atomic mass is 19.1. The first-order chi connectivity index (χ1) is 7.24.